The maximum atomic E-state index is 3.59. The second kappa shape index (κ2) is 8.13. The normalized spacial score (nSPS) is 22.5. The largest absolute Gasteiger partial charge is 0.314 e. The summed E-state index contributed by atoms with van der Waals surface area (Å²) in [5.74, 6) is 0. The van der Waals surface area contributed by atoms with Crippen molar-refractivity contribution < 1.29 is 0 Å². The first kappa shape index (κ1) is 14.3. The third kappa shape index (κ3) is 5.68. The molecule has 2 rings (SSSR count). The summed E-state index contributed by atoms with van der Waals surface area (Å²) < 4.78 is 0. The lowest BCUT2D eigenvalue weighted by Crippen LogP contribution is -2.46. The zero-order valence-corrected chi connectivity index (χ0v) is 12.2. The minimum Gasteiger partial charge on any atom is -0.314 e. The molecule has 3 nitrogen and oxygen atoms in total. The number of rotatable bonds is 9. The lowest BCUT2D eigenvalue weighted by Gasteiger charge is -2.33. The van der Waals surface area contributed by atoms with E-state index in [1.165, 1.54) is 84.3 Å². The summed E-state index contributed by atoms with van der Waals surface area (Å²) in [4.78, 5) is 5.20. The predicted octanol–water partition coefficient (Wildman–Crippen LogP) is 1.94. The summed E-state index contributed by atoms with van der Waals surface area (Å²) in [5.41, 5.74) is 0. The highest BCUT2D eigenvalue weighted by Gasteiger charge is 2.19. The fourth-order valence-corrected chi connectivity index (χ4v) is 2.74. The molecule has 1 aliphatic heterocycles. The van der Waals surface area contributed by atoms with Crippen molar-refractivity contribution in [1.29, 1.82) is 0 Å². The minimum absolute atomic E-state index is 0.889. The van der Waals surface area contributed by atoms with Gasteiger partial charge in [-0.15, -0.1) is 0 Å². The van der Waals surface area contributed by atoms with Gasteiger partial charge in [0, 0.05) is 32.2 Å². The molecular formula is C15H31N3. The van der Waals surface area contributed by atoms with Crippen LogP contribution in [-0.2, 0) is 0 Å². The SMILES string of the molecule is CCN1CCN(CCCCCCNC2CC2)CC1. The van der Waals surface area contributed by atoms with E-state index in [1.54, 1.807) is 0 Å². The van der Waals surface area contributed by atoms with Gasteiger partial charge in [0.05, 0.1) is 0 Å². The van der Waals surface area contributed by atoms with E-state index < -0.39 is 0 Å². The Hall–Kier alpha value is -0.120. The molecule has 2 aliphatic rings. The molecule has 0 aromatic rings. The second-order valence-corrected chi connectivity index (χ2v) is 5.92. The van der Waals surface area contributed by atoms with E-state index in [-0.39, 0.29) is 0 Å². The standard InChI is InChI=1S/C15H31N3/c1-2-17-11-13-18(14-12-17)10-6-4-3-5-9-16-15-7-8-15/h15-16H,2-14H2,1H3. The molecule has 0 radical (unpaired) electrons. The van der Waals surface area contributed by atoms with E-state index in [9.17, 15) is 0 Å². The van der Waals surface area contributed by atoms with Crippen LogP contribution in [0.5, 0.6) is 0 Å². The highest BCUT2D eigenvalue weighted by molar-refractivity contribution is 4.80. The lowest BCUT2D eigenvalue weighted by molar-refractivity contribution is 0.135. The van der Waals surface area contributed by atoms with Gasteiger partial charge in [0.25, 0.3) is 0 Å². The molecule has 0 aromatic carbocycles. The third-order valence-electron chi connectivity index (χ3n) is 4.32. The molecule has 0 bridgehead atoms. The number of piperazine rings is 1. The van der Waals surface area contributed by atoms with Crippen molar-refractivity contribution in [1.82, 2.24) is 15.1 Å². The van der Waals surface area contributed by atoms with Gasteiger partial charge in [0.15, 0.2) is 0 Å². The van der Waals surface area contributed by atoms with E-state index >= 15 is 0 Å². The number of hydrogen-bond donors (Lipinski definition) is 1. The Morgan fingerprint density at radius 1 is 0.889 bits per heavy atom. The zero-order chi connectivity index (χ0) is 12.6. The molecule has 0 aromatic heterocycles. The van der Waals surface area contributed by atoms with Crippen LogP contribution in [0.25, 0.3) is 0 Å². The highest BCUT2D eigenvalue weighted by Crippen LogP contribution is 2.18. The molecule has 0 spiro atoms. The predicted molar refractivity (Wildman–Crippen MR) is 78.0 cm³/mol. The van der Waals surface area contributed by atoms with Gasteiger partial charge in [-0.1, -0.05) is 19.8 Å². The molecule has 106 valence electrons. The molecule has 1 heterocycles. The smallest absolute Gasteiger partial charge is 0.0110 e. The van der Waals surface area contributed by atoms with Gasteiger partial charge in [-0.05, 0) is 45.3 Å². The van der Waals surface area contributed by atoms with Crippen LogP contribution in [0.2, 0.25) is 0 Å². The number of nitrogens with zero attached hydrogens (tertiary/aromatic N) is 2. The van der Waals surface area contributed by atoms with Crippen LogP contribution >= 0.6 is 0 Å². The van der Waals surface area contributed by atoms with E-state index in [4.69, 9.17) is 0 Å². The number of hydrogen-bond acceptors (Lipinski definition) is 3. The maximum absolute atomic E-state index is 3.59. The van der Waals surface area contributed by atoms with Crippen LogP contribution in [0, 0.1) is 0 Å². The van der Waals surface area contributed by atoms with Crippen molar-refractivity contribution in [2.24, 2.45) is 0 Å². The molecule has 0 atom stereocenters. The van der Waals surface area contributed by atoms with E-state index in [0.717, 1.165) is 6.04 Å². The average molecular weight is 253 g/mol. The van der Waals surface area contributed by atoms with Crippen molar-refractivity contribution in [3.8, 4) is 0 Å². The second-order valence-electron chi connectivity index (χ2n) is 5.92. The maximum Gasteiger partial charge on any atom is 0.0110 e. The lowest BCUT2D eigenvalue weighted by atomic mass is 10.2. The van der Waals surface area contributed by atoms with Gasteiger partial charge in [-0.25, -0.2) is 0 Å². The molecule has 1 saturated carbocycles. The average Bonchev–Trinajstić information content (AvgIpc) is 3.22. The summed E-state index contributed by atoms with van der Waals surface area (Å²) in [6, 6.07) is 0.889. The van der Waals surface area contributed by atoms with Crippen molar-refractivity contribution in [3.63, 3.8) is 0 Å². The van der Waals surface area contributed by atoms with Crippen LogP contribution in [0.1, 0.15) is 45.4 Å². The number of likely N-dealkylation sites (N-methyl/N-ethyl adjacent to an activating group) is 1. The molecule has 1 N–H and O–H groups in total. The first-order valence-corrected chi connectivity index (χ1v) is 8.06. The zero-order valence-electron chi connectivity index (χ0n) is 12.2. The summed E-state index contributed by atoms with van der Waals surface area (Å²) >= 11 is 0. The van der Waals surface area contributed by atoms with E-state index in [0.29, 0.717) is 0 Å². The Kier molecular flexibility index (Phi) is 6.46. The minimum atomic E-state index is 0.889. The molecule has 0 unspecified atom stereocenters. The summed E-state index contributed by atoms with van der Waals surface area (Å²) in [6.45, 7) is 11.2. The molecular weight excluding hydrogens is 222 g/mol. The van der Waals surface area contributed by atoms with Crippen LogP contribution in [0.4, 0.5) is 0 Å². The van der Waals surface area contributed by atoms with Crippen molar-refractivity contribution in [3.05, 3.63) is 0 Å². The van der Waals surface area contributed by atoms with Crippen LogP contribution < -0.4 is 5.32 Å². The van der Waals surface area contributed by atoms with E-state index in [1.807, 2.05) is 0 Å². The van der Waals surface area contributed by atoms with Crippen LogP contribution in [-0.4, -0.2) is 61.7 Å². The van der Waals surface area contributed by atoms with Gasteiger partial charge in [0.1, 0.15) is 0 Å². The topological polar surface area (TPSA) is 18.5 Å². The Labute approximate surface area is 113 Å². The fraction of sp³-hybridized carbons (Fsp3) is 1.00. The Bertz CT molecular complexity index is 208. The molecule has 1 saturated heterocycles. The van der Waals surface area contributed by atoms with Crippen molar-refractivity contribution >= 4 is 0 Å². The quantitative estimate of drug-likeness (QED) is 0.634. The summed E-state index contributed by atoms with van der Waals surface area (Å²) in [5, 5.41) is 3.59. The monoisotopic (exact) mass is 253 g/mol. The molecule has 0 amide bonds. The first-order chi connectivity index (χ1) is 8.88. The number of unbranched alkanes of at least 4 members (excludes halogenated alkanes) is 3. The van der Waals surface area contributed by atoms with Gasteiger partial charge < -0.3 is 15.1 Å². The Morgan fingerprint density at radius 2 is 1.56 bits per heavy atom. The number of nitrogens with one attached hydrogen (secondary N) is 1. The van der Waals surface area contributed by atoms with Gasteiger partial charge in [-0.3, -0.25) is 0 Å². The molecule has 1 aliphatic carbocycles. The van der Waals surface area contributed by atoms with Crippen LogP contribution in [0.15, 0.2) is 0 Å². The van der Waals surface area contributed by atoms with Crippen LogP contribution in [0.3, 0.4) is 0 Å². The van der Waals surface area contributed by atoms with Gasteiger partial charge in [-0.2, -0.15) is 0 Å². The summed E-state index contributed by atoms with van der Waals surface area (Å²) in [6.07, 6.45) is 8.44. The first-order valence-electron chi connectivity index (χ1n) is 8.06. The van der Waals surface area contributed by atoms with Crippen molar-refractivity contribution in [2.45, 2.75) is 51.5 Å². The fourth-order valence-electron chi connectivity index (χ4n) is 2.74. The van der Waals surface area contributed by atoms with Gasteiger partial charge >= 0.3 is 0 Å². The Morgan fingerprint density at radius 3 is 2.22 bits per heavy atom. The van der Waals surface area contributed by atoms with Gasteiger partial charge in [0.2, 0.25) is 0 Å². The molecule has 18 heavy (non-hydrogen) atoms. The third-order valence-corrected chi connectivity index (χ3v) is 4.32. The van der Waals surface area contributed by atoms with E-state index in [2.05, 4.69) is 22.0 Å². The highest BCUT2D eigenvalue weighted by atomic mass is 15.3. The Balaban J connectivity index is 1.36. The summed E-state index contributed by atoms with van der Waals surface area (Å²) in [7, 11) is 0. The molecule has 3 heteroatoms. The van der Waals surface area contributed by atoms with Crippen molar-refractivity contribution in [2.75, 3.05) is 45.8 Å². The molecule has 2 fully saturated rings.